The third-order valence-corrected chi connectivity index (χ3v) is 16.3. The van der Waals surface area contributed by atoms with Gasteiger partial charge in [0.05, 0.1) is 49.3 Å². The van der Waals surface area contributed by atoms with Crippen molar-refractivity contribution in [2.75, 3.05) is 39.1 Å². The predicted octanol–water partition coefficient (Wildman–Crippen LogP) is 4.95. The van der Waals surface area contributed by atoms with E-state index < -0.39 is 96.0 Å². The van der Waals surface area contributed by atoms with Crippen LogP contribution in [-0.2, 0) is 82.2 Å². The van der Waals surface area contributed by atoms with E-state index in [0.29, 0.717) is 23.5 Å². The average molecular weight is 1230 g/mol. The van der Waals surface area contributed by atoms with Crippen molar-refractivity contribution >= 4 is 123 Å². The molecular formula is C57H45FN6O19S3. The highest BCUT2D eigenvalue weighted by atomic mass is 32.2. The van der Waals surface area contributed by atoms with Gasteiger partial charge in [-0.15, -0.1) is 0 Å². The first-order valence-corrected chi connectivity index (χ1v) is 28.2. The van der Waals surface area contributed by atoms with Gasteiger partial charge < -0.3 is 37.1 Å². The Bertz CT molecular complexity index is 3880. The van der Waals surface area contributed by atoms with Gasteiger partial charge in [-0.1, -0.05) is 0 Å². The fourth-order valence-electron chi connectivity index (χ4n) is 6.96. The number of esters is 2. The maximum atomic E-state index is 12.8. The van der Waals surface area contributed by atoms with Crippen LogP contribution in [0.15, 0.2) is 236 Å². The molecule has 0 aromatic heterocycles. The molecule has 8 N–H and O–H groups in total. The lowest BCUT2D eigenvalue weighted by atomic mass is 10.3. The largest absolute Gasteiger partial charge is 0.478 e. The number of nitrogens with zero attached hydrogens (tertiary/aromatic N) is 2. The normalized spacial score (nSPS) is 13.5. The number of hydrogen-bond donors (Lipinski definition) is 6. The third kappa shape index (κ3) is 17.6. The molecule has 0 bridgehead atoms. The minimum Gasteiger partial charge on any atom is -0.478 e. The van der Waals surface area contributed by atoms with E-state index in [1.165, 1.54) is 121 Å². The van der Waals surface area contributed by atoms with Gasteiger partial charge in [-0.05, 0) is 146 Å². The van der Waals surface area contributed by atoms with E-state index >= 15 is 0 Å². The molecule has 0 radical (unpaired) electrons. The molecule has 25 nitrogen and oxygen atoms in total. The zero-order chi connectivity index (χ0) is 64.2. The highest BCUT2D eigenvalue weighted by molar-refractivity contribution is 7.92. The van der Waals surface area contributed by atoms with Gasteiger partial charge in [-0.2, -0.15) is 0 Å². The van der Waals surface area contributed by atoms with E-state index in [2.05, 4.69) is 15.4 Å². The summed E-state index contributed by atoms with van der Waals surface area (Å²) >= 11 is 0. The van der Waals surface area contributed by atoms with Crippen molar-refractivity contribution in [3.63, 3.8) is 0 Å². The Kier molecular flexibility index (Phi) is 21.6. The summed E-state index contributed by atoms with van der Waals surface area (Å²) in [6, 6.07) is 33.4. The number of nitrogens with two attached hydrogens (primary N) is 2. The summed E-state index contributed by atoms with van der Waals surface area (Å²) in [5, 5.41) is 21.8. The molecule has 0 atom stereocenters. The van der Waals surface area contributed by atoms with E-state index in [1.807, 2.05) is 0 Å². The molecule has 3 heterocycles. The number of cyclic esters (lactones) is 2. The molecule has 86 heavy (non-hydrogen) atoms. The first kappa shape index (κ1) is 63.9. The molecule has 0 spiro atoms. The number of imide groups is 2. The van der Waals surface area contributed by atoms with E-state index in [9.17, 15) is 77.6 Å². The Morgan fingerprint density at radius 3 is 0.884 bits per heavy atom. The summed E-state index contributed by atoms with van der Waals surface area (Å²) in [5.74, 6) is -7.08. The van der Waals surface area contributed by atoms with Crippen LogP contribution < -0.4 is 31.9 Å². The molecule has 442 valence electrons. The second kappa shape index (κ2) is 29.1. The van der Waals surface area contributed by atoms with Gasteiger partial charge in [0.15, 0.2) is 0 Å². The third-order valence-electron chi connectivity index (χ3n) is 11.0. The van der Waals surface area contributed by atoms with Gasteiger partial charge >= 0.3 is 23.9 Å². The number of anilines is 6. The minimum absolute atomic E-state index is 0.0314. The van der Waals surface area contributed by atoms with E-state index in [4.69, 9.17) is 23.1 Å². The lowest BCUT2D eigenvalue weighted by Crippen LogP contribution is -2.29. The fourth-order valence-corrected chi connectivity index (χ4v) is 10.7. The van der Waals surface area contributed by atoms with Gasteiger partial charge in [-0.25, -0.2) is 54.2 Å². The number of carbonyl (C=O) groups excluding carboxylic acids is 8. The topological polar surface area (TPSA) is 405 Å². The van der Waals surface area contributed by atoms with Crippen molar-refractivity contribution in [3.8, 4) is 0 Å². The number of sulfone groups is 3. The highest BCUT2D eigenvalue weighted by Crippen LogP contribution is 2.29. The summed E-state index contributed by atoms with van der Waals surface area (Å²) in [6.07, 6.45) is 9.71. The van der Waals surface area contributed by atoms with Gasteiger partial charge in [0, 0.05) is 83.5 Å². The quantitative estimate of drug-likeness (QED) is 0.0276. The van der Waals surface area contributed by atoms with E-state index in [-0.39, 0.29) is 52.1 Å². The lowest BCUT2D eigenvalue weighted by Gasteiger charge is -2.15. The molecule has 0 saturated heterocycles. The molecule has 0 unspecified atom stereocenters. The predicted molar refractivity (Wildman–Crippen MR) is 305 cm³/mol. The monoisotopic (exact) mass is 1230 g/mol. The first-order chi connectivity index (χ1) is 41.1. The van der Waals surface area contributed by atoms with E-state index in [0.717, 1.165) is 58.4 Å². The Morgan fingerprint density at radius 1 is 0.430 bits per heavy atom. The maximum Gasteiger partial charge on any atom is 0.338 e. The number of nitrogen functional groups attached to an aromatic ring is 2. The Morgan fingerprint density at radius 2 is 0.663 bits per heavy atom. The van der Waals surface area contributed by atoms with Crippen molar-refractivity contribution in [2.45, 2.75) is 29.4 Å². The zero-order valence-electron chi connectivity index (χ0n) is 44.8. The van der Waals surface area contributed by atoms with Crippen molar-refractivity contribution in [3.05, 3.63) is 206 Å². The molecule has 6 aromatic rings. The number of rotatable bonds is 14. The fraction of sp³-hybridized carbons (Fsp3) is 0.0175. The number of benzene rings is 6. The number of carboxylic acid groups (broad SMARTS) is 2. The number of ether oxygens (including phenoxy) is 1. The summed E-state index contributed by atoms with van der Waals surface area (Å²) in [4.78, 5) is 113. The smallest absolute Gasteiger partial charge is 0.338 e. The number of nitrogens with one attached hydrogen (secondary N) is 2. The second-order valence-corrected chi connectivity index (χ2v) is 22.6. The molecule has 0 aliphatic carbocycles. The van der Waals surface area contributed by atoms with Crippen LogP contribution >= 0.6 is 0 Å². The van der Waals surface area contributed by atoms with Crippen molar-refractivity contribution < 1.29 is 93.9 Å². The molecule has 6 aromatic carbocycles. The van der Waals surface area contributed by atoms with Crippen LogP contribution in [0.1, 0.15) is 1.37 Å². The van der Waals surface area contributed by atoms with Gasteiger partial charge in [0.25, 0.3) is 23.6 Å². The molecule has 3 aliphatic heterocycles. The molecule has 3 aliphatic rings. The number of amides is 6. The SMILES string of the molecule is Nc1ccc(S(=O)(=O)c2ccc(N)cc2)cc1.O=C(O)/C=C/C(=O)Nc1ccc(S(=O)(=O)c2ccc(NC(=O)/C=C/C(=O)O)cc2)cc1.O=C1C=CC(=O)N1c1ccc(S(=O)(=O)c2ccc(N3C(=O)C=CC3=O)cc2)cc1.O=C1C=CC(=O)O1.[2H]CF. The second-order valence-electron chi connectivity index (χ2n) is 16.8. The molecule has 0 fully saturated rings. The molecule has 0 saturated carbocycles. The number of hydrogen-bond acceptors (Lipinski definition) is 19. The summed E-state index contributed by atoms with van der Waals surface area (Å²) in [7, 11) is -12.2. The number of carboxylic acids is 2. The van der Waals surface area contributed by atoms with Crippen LogP contribution in [-0.4, -0.2) is 102 Å². The zero-order valence-corrected chi connectivity index (χ0v) is 46.3. The Balaban J connectivity index is 0.000000226. The number of aliphatic carboxylic acids is 2. The molecule has 9 rings (SSSR count). The molecule has 29 heteroatoms. The van der Waals surface area contributed by atoms with Crippen molar-refractivity contribution in [1.29, 1.82) is 0 Å². The van der Waals surface area contributed by atoms with Crippen LogP contribution in [0.3, 0.4) is 0 Å². The minimum atomic E-state index is -3.88. The molecule has 6 amide bonds. The van der Waals surface area contributed by atoms with Crippen LogP contribution in [0.5, 0.6) is 0 Å². The molecular weight excluding hydrogens is 1190 g/mol. The maximum absolute atomic E-state index is 12.8. The number of carbonyl (C=O) groups is 10. The highest BCUT2D eigenvalue weighted by Gasteiger charge is 2.28. The Labute approximate surface area is 489 Å². The average Bonchev–Trinajstić information content (AvgIpc) is 2.19. The van der Waals surface area contributed by atoms with Crippen molar-refractivity contribution in [1.82, 2.24) is 0 Å². The standard InChI is InChI=1S/C20H16N2O8S.C20H12N2O6S.C12H12N2O2S.C4H2O3.CH3F/c23-17(9-11-19(25)26)21-13-1-5-15(6-2-13)31(29,30)16-7-3-14(4-8-16)22-18(24)10-12-20(27)28;23-17-9-10-18(24)21(17)13-1-5-15(6-2-13)29(27,28)16-7-3-14(4-8-16)22-19(25)11-12-20(22)26;13-9-1-5-11(6-2-9)17(15,16)12-7-3-10(14)4-8-12;5-3-1-2-4(6)7-3;1-2/h1-12H,(H,21,23)(H,22,24)(H,25,26)(H,27,28);1-12H;1-8H,13-14H2;1-2H;1H3/b11-9+,12-10+;;;;/i;;;;1D. The number of halogens is 1. The van der Waals surface area contributed by atoms with Crippen LogP contribution in [0.25, 0.3) is 0 Å². The summed E-state index contributed by atoms with van der Waals surface area (Å²) in [5.41, 5.74) is 13.2. The van der Waals surface area contributed by atoms with Crippen molar-refractivity contribution in [2.24, 2.45) is 0 Å². The lowest BCUT2D eigenvalue weighted by molar-refractivity contribution is -0.150. The Hall–Kier alpha value is -11.3. The van der Waals surface area contributed by atoms with Crippen LogP contribution in [0, 0.1) is 0 Å². The first-order valence-electron chi connectivity index (χ1n) is 24.5. The van der Waals surface area contributed by atoms with Gasteiger partial charge in [0.1, 0.15) is 0 Å². The van der Waals surface area contributed by atoms with Gasteiger partial charge in [0.2, 0.25) is 41.3 Å². The van der Waals surface area contributed by atoms with Crippen LogP contribution in [0.4, 0.5) is 38.5 Å². The van der Waals surface area contributed by atoms with Gasteiger partial charge in [-0.3, -0.25) is 33.2 Å². The number of alkyl halides is 1. The van der Waals surface area contributed by atoms with Crippen LogP contribution in [0.2, 0.25) is 0 Å². The van der Waals surface area contributed by atoms with E-state index in [1.54, 1.807) is 24.3 Å². The summed E-state index contributed by atoms with van der Waals surface area (Å²) < 4.78 is 95.0. The summed E-state index contributed by atoms with van der Waals surface area (Å²) in [6.45, 7) is 0.